The van der Waals surface area contributed by atoms with Crippen LogP contribution in [0, 0.1) is 5.82 Å². The Labute approximate surface area is 207 Å². The zero-order valence-corrected chi connectivity index (χ0v) is 20.6. The van der Waals surface area contributed by atoms with E-state index in [9.17, 15) is 9.18 Å². The van der Waals surface area contributed by atoms with Crippen molar-refractivity contribution in [3.05, 3.63) is 89.0 Å². The molecule has 3 heterocycles. The molecule has 10 heteroatoms. The van der Waals surface area contributed by atoms with Gasteiger partial charge in [-0.05, 0) is 48.4 Å². The lowest BCUT2D eigenvalue weighted by atomic mass is 9.95. The first-order valence-electron chi connectivity index (χ1n) is 11.3. The lowest BCUT2D eigenvalue weighted by Gasteiger charge is -2.27. The smallest absolute Gasteiger partial charge is 0.254 e. The number of benzene rings is 1. The number of pyridine rings is 1. The second-order valence-corrected chi connectivity index (χ2v) is 9.12. The third kappa shape index (κ3) is 8.57. The van der Waals surface area contributed by atoms with Gasteiger partial charge >= 0.3 is 0 Å². The molecule has 2 atom stereocenters. The van der Waals surface area contributed by atoms with Gasteiger partial charge in [-0.15, -0.1) is 0 Å². The zero-order chi connectivity index (χ0) is 25.2. The van der Waals surface area contributed by atoms with Gasteiger partial charge in [0.2, 0.25) is 0 Å². The Bertz CT molecular complexity index is 1120. The number of hydrogen-bond donors (Lipinski definition) is 1. The predicted molar refractivity (Wildman–Crippen MR) is 131 cm³/mol. The van der Waals surface area contributed by atoms with Gasteiger partial charge < -0.3 is 14.8 Å². The molecule has 1 saturated heterocycles. The topological polar surface area (TPSA) is 111 Å². The van der Waals surface area contributed by atoms with E-state index in [2.05, 4.69) is 22.2 Å². The van der Waals surface area contributed by atoms with Crippen LogP contribution in [-0.4, -0.2) is 67.0 Å². The van der Waals surface area contributed by atoms with E-state index in [0.717, 1.165) is 42.0 Å². The fraction of sp³-hybridized carbons (Fsp3) is 0.360. The molecule has 0 saturated carbocycles. The number of carbonyl (C=O) groups is 1. The first-order valence-corrected chi connectivity index (χ1v) is 12.8. The molecule has 1 aliphatic rings. The Balaban J connectivity index is 0.000000795. The number of carbonyl (C=O) groups excluding carboxylic acids is 1. The summed E-state index contributed by atoms with van der Waals surface area (Å²) in [7, 11) is 0. The summed E-state index contributed by atoms with van der Waals surface area (Å²) in [6.45, 7) is 5.08. The number of aromatic nitrogens is 3. The summed E-state index contributed by atoms with van der Waals surface area (Å²) in [5, 5.41) is 3.28. The minimum atomic E-state index is -1.86. The lowest BCUT2D eigenvalue weighted by Crippen LogP contribution is -2.46. The molecule has 1 fully saturated rings. The molecule has 1 N–H and O–H groups in total. The van der Waals surface area contributed by atoms with E-state index in [1.165, 1.54) is 12.1 Å². The van der Waals surface area contributed by atoms with Crippen LogP contribution in [0.5, 0.6) is 0 Å². The molecule has 186 valence electrons. The minimum Gasteiger partial charge on any atom is -0.773 e. The largest absolute Gasteiger partial charge is 0.773 e. The Kier molecular flexibility index (Phi) is 9.95. The maximum atomic E-state index is 13.3. The average molecular weight is 499 g/mol. The second kappa shape index (κ2) is 13.1. The number of piperazine rings is 1. The summed E-state index contributed by atoms with van der Waals surface area (Å²) in [6, 6.07) is 10.3. The van der Waals surface area contributed by atoms with Gasteiger partial charge in [0.25, 0.3) is 5.91 Å². The average Bonchev–Trinajstić information content (AvgIpc) is 2.84. The van der Waals surface area contributed by atoms with Crippen LogP contribution in [0.1, 0.15) is 45.8 Å². The summed E-state index contributed by atoms with van der Waals surface area (Å²) < 4.78 is 31.3. The molecular weight excluding hydrogens is 469 g/mol. The van der Waals surface area contributed by atoms with E-state index in [0.29, 0.717) is 31.5 Å². The molecule has 0 spiro atoms. The van der Waals surface area contributed by atoms with Crippen molar-refractivity contribution in [1.29, 1.82) is 0 Å². The molecule has 35 heavy (non-hydrogen) atoms. The van der Waals surface area contributed by atoms with Gasteiger partial charge in [-0.2, -0.15) is 0 Å². The Morgan fingerprint density at radius 3 is 2.43 bits per heavy atom. The van der Waals surface area contributed by atoms with Crippen LogP contribution in [0.3, 0.4) is 0 Å². The Morgan fingerprint density at radius 1 is 1.14 bits per heavy atom. The molecule has 0 bridgehead atoms. The summed E-state index contributed by atoms with van der Waals surface area (Å²) >= 11 is -1.86. The fourth-order valence-corrected chi connectivity index (χ4v) is 3.85. The van der Waals surface area contributed by atoms with Crippen molar-refractivity contribution in [2.45, 2.75) is 25.7 Å². The van der Waals surface area contributed by atoms with E-state index in [1.54, 1.807) is 30.7 Å². The number of nitrogens with zero attached hydrogens (tertiary/aromatic N) is 4. The molecule has 0 aliphatic carbocycles. The fourth-order valence-electron chi connectivity index (χ4n) is 3.85. The molecule has 4 rings (SSSR count). The van der Waals surface area contributed by atoms with Gasteiger partial charge in [-0.25, -0.2) is 4.39 Å². The summed E-state index contributed by atoms with van der Waals surface area (Å²) in [4.78, 5) is 28.3. The van der Waals surface area contributed by atoms with E-state index < -0.39 is 11.1 Å². The third-order valence-corrected chi connectivity index (χ3v) is 5.52. The molecule has 1 aliphatic heterocycles. The van der Waals surface area contributed by atoms with Crippen molar-refractivity contribution in [1.82, 2.24) is 25.2 Å². The van der Waals surface area contributed by atoms with Gasteiger partial charge in [0.1, 0.15) is 5.82 Å². The van der Waals surface area contributed by atoms with Gasteiger partial charge in [0.15, 0.2) is 0 Å². The molecular formula is C25H29FN5O3S-. The number of rotatable bonds is 6. The van der Waals surface area contributed by atoms with E-state index >= 15 is 0 Å². The number of amides is 1. The van der Waals surface area contributed by atoms with Crippen molar-refractivity contribution >= 4 is 17.0 Å². The minimum absolute atomic E-state index is 0.0278. The summed E-state index contributed by atoms with van der Waals surface area (Å²) in [5.74, 6) is -0.0778. The molecule has 8 nitrogen and oxygen atoms in total. The number of halogens is 1. The van der Waals surface area contributed by atoms with Crippen molar-refractivity contribution in [3.63, 3.8) is 0 Å². The van der Waals surface area contributed by atoms with E-state index in [-0.39, 0.29) is 17.6 Å². The monoisotopic (exact) mass is 498 g/mol. The van der Waals surface area contributed by atoms with Crippen molar-refractivity contribution in [2.75, 3.05) is 32.4 Å². The highest BCUT2D eigenvalue weighted by atomic mass is 32.2. The maximum Gasteiger partial charge on any atom is 0.254 e. The van der Waals surface area contributed by atoms with Crippen LogP contribution in [0.2, 0.25) is 0 Å². The molecule has 1 unspecified atom stereocenters. The van der Waals surface area contributed by atoms with Gasteiger partial charge in [-0.3, -0.25) is 24.0 Å². The van der Waals surface area contributed by atoms with Crippen molar-refractivity contribution in [3.8, 4) is 0 Å². The molecule has 3 aromatic rings. The lowest BCUT2D eigenvalue weighted by molar-refractivity contribution is 0.0735. The molecule has 0 radical (unpaired) electrons. The standard InChI is InChI=1S/C24H26FN5O.CH4O2S/c1-17(18-2-4-20(25)5-3-18)12-21-13-19(24(31)30-10-8-26-9-11-30)14-22(29-21)15-23-16-27-6-7-28-23;1-4(2)3/h2-7,13-14,16-17,26H,8-12,15H2,1H3;1H3,(H,2,3)/p-1/t17-;/m1./s1. The first kappa shape index (κ1) is 26.5. The van der Waals surface area contributed by atoms with Gasteiger partial charge in [0.05, 0.1) is 5.69 Å². The summed E-state index contributed by atoms with van der Waals surface area (Å²) in [6.07, 6.45) is 7.25. The van der Waals surface area contributed by atoms with Crippen molar-refractivity contribution in [2.24, 2.45) is 0 Å². The SMILES string of the molecule is CS(=O)[O-].C[C@H](Cc1cc(C(=O)N2CCNCC2)cc(Cc2cnccn2)n1)c1ccc(F)cc1. The van der Waals surface area contributed by atoms with Crippen molar-refractivity contribution < 1.29 is 17.9 Å². The van der Waals surface area contributed by atoms with Crippen LogP contribution in [-0.2, 0) is 23.9 Å². The second-order valence-electron chi connectivity index (χ2n) is 8.31. The van der Waals surface area contributed by atoms with Crippen LogP contribution in [0.15, 0.2) is 55.0 Å². The summed E-state index contributed by atoms with van der Waals surface area (Å²) in [5.41, 5.74) is 4.13. The van der Waals surface area contributed by atoms with Gasteiger partial charge in [-0.1, -0.05) is 30.1 Å². The van der Waals surface area contributed by atoms with Gasteiger partial charge in [0, 0.05) is 68.1 Å². The third-order valence-electron chi connectivity index (χ3n) is 5.52. The van der Waals surface area contributed by atoms with Crippen LogP contribution in [0.25, 0.3) is 0 Å². The molecule has 1 amide bonds. The highest BCUT2D eigenvalue weighted by Crippen LogP contribution is 2.22. The number of hydrogen-bond acceptors (Lipinski definition) is 7. The maximum absolute atomic E-state index is 13.3. The Morgan fingerprint density at radius 2 is 1.80 bits per heavy atom. The van der Waals surface area contributed by atoms with Crippen LogP contribution >= 0.6 is 0 Å². The quantitative estimate of drug-likeness (QED) is 0.520. The zero-order valence-electron chi connectivity index (χ0n) is 19.8. The first-order chi connectivity index (χ1) is 16.8. The molecule has 1 aromatic carbocycles. The highest BCUT2D eigenvalue weighted by molar-refractivity contribution is 7.78. The molecule has 2 aromatic heterocycles. The van der Waals surface area contributed by atoms with E-state index in [1.807, 2.05) is 17.0 Å². The number of nitrogens with one attached hydrogen (secondary N) is 1. The normalized spacial score (nSPS) is 15.0. The Hall–Kier alpha value is -3.08. The van der Waals surface area contributed by atoms with Crippen LogP contribution in [0.4, 0.5) is 4.39 Å². The van der Waals surface area contributed by atoms with E-state index in [4.69, 9.17) is 13.7 Å². The van der Waals surface area contributed by atoms with Crippen LogP contribution < -0.4 is 5.32 Å². The highest BCUT2D eigenvalue weighted by Gasteiger charge is 2.20. The predicted octanol–water partition coefficient (Wildman–Crippen LogP) is 2.49.